The van der Waals surface area contributed by atoms with E-state index >= 15 is 0 Å². The van der Waals surface area contributed by atoms with Crippen molar-refractivity contribution in [2.75, 3.05) is 38.6 Å². The van der Waals surface area contributed by atoms with Crippen molar-refractivity contribution >= 4 is 27.6 Å². The van der Waals surface area contributed by atoms with Crippen molar-refractivity contribution in [2.45, 2.75) is 70.6 Å². The molecule has 43 heavy (non-hydrogen) atoms. The highest BCUT2D eigenvalue weighted by molar-refractivity contribution is 7.89. The van der Waals surface area contributed by atoms with Crippen LogP contribution in [0.1, 0.15) is 46.6 Å². The maximum Gasteiger partial charge on any atom is 0.407 e. The lowest BCUT2D eigenvalue weighted by Crippen LogP contribution is -2.51. The zero-order valence-corrected chi connectivity index (χ0v) is 26.4. The second-order valence-corrected chi connectivity index (χ2v) is 14.2. The number of benzene rings is 2. The summed E-state index contributed by atoms with van der Waals surface area (Å²) in [6.07, 6.45) is -1.65. The quantitative estimate of drug-likeness (QED) is 0.270. The second-order valence-electron chi connectivity index (χ2n) is 12.3. The molecule has 3 atom stereocenters. The first-order chi connectivity index (χ1) is 20.1. The third kappa shape index (κ3) is 10.5. The Bertz CT molecular complexity index is 1300. The molecule has 1 heterocycles. The van der Waals surface area contributed by atoms with Crippen molar-refractivity contribution in [1.82, 2.24) is 9.62 Å². The summed E-state index contributed by atoms with van der Waals surface area (Å²) >= 11 is 0. The monoisotopic (exact) mass is 619 g/mol. The predicted molar refractivity (Wildman–Crippen MR) is 163 cm³/mol. The number of amides is 1. The van der Waals surface area contributed by atoms with Gasteiger partial charge >= 0.3 is 6.09 Å². The number of Topliss-reactive ketones (excluding diaryl/α,β-unsaturated/α-hetero) is 1. The number of carbonyl (C=O) groups excluding carboxylic acids is 2. The van der Waals surface area contributed by atoms with Crippen molar-refractivity contribution < 1.29 is 37.3 Å². The van der Waals surface area contributed by atoms with Gasteiger partial charge in [0.2, 0.25) is 10.0 Å². The molecule has 3 rings (SSSR count). The fourth-order valence-electron chi connectivity index (χ4n) is 4.37. The fraction of sp³-hybridized carbons (Fsp3) is 0.548. The summed E-state index contributed by atoms with van der Waals surface area (Å²) in [5.74, 6) is 0.437. The van der Waals surface area contributed by atoms with Gasteiger partial charge < -0.3 is 30.4 Å². The number of hydrogen-bond donors (Lipinski definition) is 3. The van der Waals surface area contributed by atoms with Crippen LogP contribution < -0.4 is 15.8 Å². The Morgan fingerprint density at radius 1 is 1.09 bits per heavy atom. The second kappa shape index (κ2) is 15.0. The van der Waals surface area contributed by atoms with E-state index in [0.717, 1.165) is 5.56 Å². The standard InChI is InChI=1S/C31H45N3O8S/c1-21(2)17-34(43(38,39)26-12-8-23(32)9-13-26)18-28(35)27(33-30(37)42-25-14-15-40-19-25)16-22-6-10-24(11-7-22)41-20-29(36)31(3,4)5/h6-13,21,25,27-28,35H,14-20,32H2,1-5H3,(H,33,37). The summed E-state index contributed by atoms with van der Waals surface area (Å²) in [7, 11) is -3.98. The first kappa shape index (κ1) is 34.3. The maximum atomic E-state index is 13.6. The van der Waals surface area contributed by atoms with Crippen molar-refractivity contribution in [3.05, 3.63) is 54.1 Å². The number of aliphatic hydroxyl groups is 1. The number of nitrogens with two attached hydrogens (primary N) is 1. The lowest BCUT2D eigenvalue weighted by Gasteiger charge is -2.30. The molecule has 3 unspecified atom stereocenters. The van der Waals surface area contributed by atoms with Gasteiger partial charge in [0.05, 0.1) is 30.3 Å². The van der Waals surface area contributed by atoms with Crippen molar-refractivity contribution in [2.24, 2.45) is 11.3 Å². The molecule has 0 radical (unpaired) electrons. The number of nitrogens with one attached hydrogen (secondary N) is 1. The van der Waals surface area contributed by atoms with Crippen molar-refractivity contribution in [3.8, 4) is 5.75 Å². The summed E-state index contributed by atoms with van der Waals surface area (Å²) in [4.78, 5) is 25.1. The van der Waals surface area contributed by atoms with Crippen LogP contribution in [0.25, 0.3) is 0 Å². The number of carbonyl (C=O) groups is 2. The van der Waals surface area contributed by atoms with Gasteiger partial charge in [-0.05, 0) is 54.3 Å². The number of nitrogen functional groups attached to an aromatic ring is 1. The first-order valence-corrected chi connectivity index (χ1v) is 15.9. The molecule has 11 nitrogen and oxygen atoms in total. The fourth-order valence-corrected chi connectivity index (χ4v) is 5.99. The minimum absolute atomic E-state index is 0.0324. The van der Waals surface area contributed by atoms with Crippen LogP contribution in [0, 0.1) is 11.3 Å². The van der Waals surface area contributed by atoms with E-state index in [9.17, 15) is 23.1 Å². The van der Waals surface area contributed by atoms with Crippen LogP contribution in [0.2, 0.25) is 0 Å². The Morgan fingerprint density at radius 3 is 2.30 bits per heavy atom. The Labute approximate surface area is 254 Å². The molecule has 1 aliphatic rings. The summed E-state index contributed by atoms with van der Waals surface area (Å²) in [5.41, 5.74) is 6.42. The number of alkyl carbamates (subject to hydrolysis) is 1. The van der Waals surface area contributed by atoms with Crippen LogP contribution >= 0.6 is 0 Å². The molecule has 0 bridgehead atoms. The summed E-state index contributed by atoms with van der Waals surface area (Å²) in [6, 6.07) is 11.9. The predicted octanol–water partition coefficient (Wildman–Crippen LogP) is 3.40. The number of rotatable bonds is 14. The molecular weight excluding hydrogens is 574 g/mol. The lowest BCUT2D eigenvalue weighted by molar-refractivity contribution is -0.128. The van der Waals surface area contributed by atoms with Crippen LogP contribution in [-0.2, 0) is 30.7 Å². The molecule has 12 heteroatoms. The zero-order valence-electron chi connectivity index (χ0n) is 25.6. The molecular formula is C31H45N3O8S. The van der Waals surface area contributed by atoms with Crippen LogP contribution in [0.4, 0.5) is 10.5 Å². The van der Waals surface area contributed by atoms with E-state index in [-0.39, 0.29) is 42.7 Å². The van der Waals surface area contributed by atoms with Crippen LogP contribution in [-0.4, -0.2) is 80.9 Å². The topological polar surface area (TPSA) is 157 Å². The van der Waals surface area contributed by atoms with Crippen LogP contribution in [0.3, 0.4) is 0 Å². The van der Waals surface area contributed by atoms with Gasteiger partial charge in [0.1, 0.15) is 18.5 Å². The van der Waals surface area contributed by atoms with E-state index in [1.807, 2.05) is 34.6 Å². The van der Waals surface area contributed by atoms with E-state index in [1.165, 1.54) is 28.6 Å². The number of ether oxygens (including phenoxy) is 3. The molecule has 0 saturated carbocycles. The Morgan fingerprint density at radius 2 is 1.74 bits per heavy atom. The van der Waals surface area contributed by atoms with E-state index in [1.54, 1.807) is 24.3 Å². The average Bonchev–Trinajstić information content (AvgIpc) is 3.44. The maximum absolute atomic E-state index is 13.6. The normalized spacial score (nSPS) is 17.1. The minimum atomic E-state index is -3.98. The van der Waals surface area contributed by atoms with Gasteiger partial charge in [0.15, 0.2) is 5.78 Å². The smallest absolute Gasteiger partial charge is 0.407 e. The van der Waals surface area contributed by atoms with E-state index in [4.69, 9.17) is 19.9 Å². The SMILES string of the molecule is CC(C)CN(CC(O)C(Cc1ccc(OCC(=O)C(C)(C)C)cc1)NC(=O)OC1CCOC1)S(=O)(=O)c1ccc(N)cc1. The molecule has 0 spiro atoms. The number of nitrogens with zero attached hydrogens (tertiary/aromatic N) is 1. The van der Waals surface area contributed by atoms with Gasteiger partial charge in [-0.2, -0.15) is 4.31 Å². The van der Waals surface area contributed by atoms with Crippen molar-refractivity contribution in [1.29, 1.82) is 0 Å². The van der Waals surface area contributed by atoms with Gasteiger partial charge in [-0.3, -0.25) is 4.79 Å². The molecule has 4 N–H and O–H groups in total. The Kier molecular flexibility index (Phi) is 12.0. The van der Waals surface area contributed by atoms with Crippen LogP contribution in [0.5, 0.6) is 5.75 Å². The summed E-state index contributed by atoms with van der Waals surface area (Å²) in [5, 5.41) is 14.2. The Balaban J connectivity index is 1.79. The Hall–Kier alpha value is -3.19. The third-order valence-corrected chi connectivity index (χ3v) is 8.84. The van der Waals surface area contributed by atoms with Crippen molar-refractivity contribution in [3.63, 3.8) is 0 Å². The van der Waals surface area contributed by atoms with Gasteiger partial charge in [-0.1, -0.05) is 46.8 Å². The van der Waals surface area contributed by atoms with Gasteiger partial charge in [0, 0.05) is 30.6 Å². The molecule has 0 aliphatic carbocycles. The first-order valence-electron chi connectivity index (χ1n) is 14.5. The zero-order chi connectivity index (χ0) is 31.8. The van der Waals surface area contributed by atoms with Gasteiger partial charge in [-0.15, -0.1) is 0 Å². The number of anilines is 1. The van der Waals surface area contributed by atoms with E-state index < -0.39 is 39.8 Å². The molecule has 2 aromatic rings. The van der Waals surface area contributed by atoms with E-state index in [0.29, 0.717) is 31.1 Å². The van der Waals surface area contributed by atoms with Crippen LogP contribution in [0.15, 0.2) is 53.4 Å². The molecule has 2 aromatic carbocycles. The highest BCUT2D eigenvalue weighted by Crippen LogP contribution is 2.22. The number of aliphatic hydroxyl groups excluding tert-OH is 1. The lowest BCUT2D eigenvalue weighted by atomic mass is 9.91. The highest BCUT2D eigenvalue weighted by Gasteiger charge is 2.32. The van der Waals surface area contributed by atoms with Gasteiger partial charge in [-0.25, -0.2) is 13.2 Å². The number of sulfonamides is 1. The average molecular weight is 620 g/mol. The molecule has 1 saturated heterocycles. The van der Waals surface area contributed by atoms with E-state index in [2.05, 4.69) is 5.32 Å². The van der Waals surface area contributed by atoms with Gasteiger partial charge in [0.25, 0.3) is 0 Å². The molecule has 1 aliphatic heterocycles. The summed E-state index contributed by atoms with van der Waals surface area (Å²) in [6.45, 7) is 9.86. The highest BCUT2D eigenvalue weighted by atomic mass is 32.2. The molecule has 1 amide bonds. The number of ketones is 1. The molecule has 238 valence electrons. The molecule has 1 fully saturated rings. The summed E-state index contributed by atoms with van der Waals surface area (Å²) < 4.78 is 44.7. The minimum Gasteiger partial charge on any atom is -0.486 e. The third-order valence-electron chi connectivity index (χ3n) is 6.99. The molecule has 0 aromatic heterocycles. The largest absolute Gasteiger partial charge is 0.486 e. The number of hydrogen-bond acceptors (Lipinski definition) is 9.